The Morgan fingerprint density at radius 1 is 0.972 bits per heavy atom. The Labute approximate surface area is 208 Å². The minimum atomic E-state index is -1.40. The number of nitrogens with one attached hydrogen (secondary N) is 4. The average molecular weight is 501 g/mol. The van der Waals surface area contributed by atoms with Crippen molar-refractivity contribution >= 4 is 17.8 Å². The molecule has 0 unspecified atom stereocenters. The van der Waals surface area contributed by atoms with E-state index in [1.165, 1.54) is 12.1 Å². The molecule has 3 rings (SSSR count). The zero-order valence-corrected chi connectivity index (χ0v) is 20.1. The van der Waals surface area contributed by atoms with Crippen LogP contribution in [0.4, 0.5) is 0 Å². The van der Waals surface area contributed by atoms with E-state index in [0.29, 0.717) is 22.3 Å². The summed E-state index contributed by atoms with van der Waals surface area (Å²) >= 11 is 0. The summed E-state index contributed by atoms with van der Waals surface area (Å²) in [6, 6.07) is 6.15. The number of aliphatic hydroxyl groups excluding tert-OH is 1. The molecule has 0 radical (unpaired) electrons. The van der Waals surface area contributed by atoms with Crippen molar-refractivity contribution < 1.29 is 34.8 Å². The maximum atomic E-state index is 13.1. The molecule has 1 aliphatic rings. The highest BCUT2D eigenvalue weighted by molar-refractivity contribution is 5.92. The SMILES string of the molecule is CNC[C@H](O)C[C@@H]1NC(=O)[C@@H](NC)Cc2cc(ccc2O)-c2ccc(O)c(c2)C[C@@H](C(=O)O)NC1=O. The quantitative estimate of drug-likeness (QED) is 0.259. The van der Waals surface area contributed by atoms with E-state index in [1.54, 1.807) is 38.4 Å². The van der Waals surface area contributed by atoms with Gasteiger partial charge in [0, 0.05) is 25.8 Å². The van der Waals surface area contributed by atoms with Crippen LogP contribution in [0, 0.1) is 0 Å². The molecule has 2 aromatic carbocycles. The molecule has 0 spiro atoms. The first kappa shape index (κ1) is 26.9. The predicted molar refractivity (Wildman–Crippen MR) is 132 cm³/mol. The molecule has 4 atom stereocenters. The molecule has 0 saturated carbocycles. The number of likely N-dealkylation sites (N-methyl/N-ethyl adjacent to an activating group) is 2. The number of hydrogen-bond donors (Lipinski definition) is 8. The molecule has 0 saturated heterocycles. The van der Waals surface area contributed by atoms with Gasteiger partial charge in [-0.05, 0) is 60.6 Å². The van der Waals surface area contributed by atoms with Gasteiger partial charge in [0.15, 0.2) is 0 Å². The number of aliphatic hydroxyl groups is 1. The number of amides is 2. The van der Waals surface area contributed by atoms with Crippen LogP contribution in [0.5, 0.6) is 11.5 Å². The first-order valence-electron chi connectivity index (χ1n) is 11.6. The molecule has 11 nitrogen and oxygen atoms in total. The Balaban J connectivity index is 2.09. The summed E-state index contributed by atoms with van der Waals surface area (Å²) in [6.45, 7) is 0.152. The summed E-state index contributed by atoms with van der Waals surface area (Å²) in [5.74, 6) is -2.81. The summed E-state index contributed by atoms with van der Waals surface area (Å²) in [7, 11) is 3.19. The van der Waals surface area contributed by atoms with Crippen LogP contribution in [0.2, 0.25) is 0 Å². The molecule has 194 valence electrons. The van der Waals surface area contributed by atoms with Crippen molar-refractivity contribution in [3.8, 4) is 22.6 Å². The highest BCUT2D eigenvalue weighted by Crippen LogP contribution is 2.31. The van der Waals surface area contributed by atoms with E-state index in [1.807, 2.05) is 0 Å². The summed E-state index contributed by atoms with van der Waals surface area (Å²) in [4.78, 5) is 38.2. The van der Waals surface area contributed by atoms with E-state index in [2.05, 4.69) is 21.3 Å². The summed E-state index contributed by atoms with van der Waals surface area (Å²) in [6.07, 6.45) is -1.28. The topological polar surface area (TPSA) is 180 Å². The van der Waals surface area contributed by atoms with Gasteiger partial charge in [-0.25, -0.2) is 4.79 Å². The Kier molecular flexibility index (Phi) is 8.86. The summed E-state index contributed by atoms with van der Waals surface area (Å²) in [5, 5.41) is 51.6. The largest absolute Gasteiger partial charge is 0.508 e. The monoisotopic (exact) mass is 500 g/mol. The van der Waals surface area contributed by atoms with E-state index in [-0.39, 0.29) is 37.3 Å². The highest BCUT2D eigenvalue weighted by Gasteiger charge is 2.31. The number of benzene rings is 2. The predicted octanol–water partition coefficient (Wildman–Crippen LogP) is -0.524. The number of phenols is 2. The third-order valence-corrected chi connectivity index (χ3v) is 6.20. The zero-order chi connectivity index (χ0) is 26.4. The number of carbonyl (C=O) groups excluding carboxylic acids is 2. The molecule has 11 heteroatoms. The van der Waals surface area contributed by atoms with Gasteiger partial charge < -0.3 is 41.7 Å². The van der Waals surface area contributed by atoms with Crippen LogP contribution in [-0.4, -0.2) is 83.1 Å². The highest BCUT2D eigenvalue weighted by atomic mass is 16.4. The second kappa shape index (κ2) is 11.8. The Bertz CT molecular complexity index is 1120. The number of fused-ring (bicyclic) bond motifs is 5. The number of hydrogen-bond acceptors (Lipinski definition) is 8. The third-order valence-electron chi connectivity index (χ3n) is 6.20. The Morgan fingerprint density at radius 2 is 1.56 bits per heavy atom. The number of phenolic OH excluding ortho intramolecular Hbond substituents is 2. The van der Waals surface area contributed by atoms with Crippen molar-refractivity contribution in [3.63, 3.8) is 0 Å². The second-order valence-electron chi connectivity index (χ2n) is 8.84. The van der Waals surface area contributed by atoms with E-state index >= 15 is 0 Å². The number of carboxylic acid groups (broad SMARTS) is 1. The summed E-state index contributed by atoms with van der Waals surface area (Å²) < 4.78 is 0. The normalized spacial score (nSPS) is 21.5. The van der Waals surface area contributed by atoms with Crippen LogP contribution < -0.4 is 21.3 Å². The molecule has 0 fully saturated rings. The Hall–Kier alpha value is -3.67. The van der Waals surface area contributed by atoms with E-state index in [9.17, 15) is 34.8 Å². The van der Waals surface area contributed by atoms with Crippen LogP contribution in [0.3, 0.4) is 0 Å². The average Bonchev–Trinajstić information content (AvgIpc) is 2.83. The van der Waals surface area contributed by atoms with Gasteiger partial charge in [-0.3, -0.25) is 9.59 Å². The third kappa shape index (κ3) is 6.51. The van der Waals surface area contributed by atoms with Crippen molar-refractivity contribution in [1.82, 2.24) is 21.3 Å². The molecular formula is C25H32N4O7. The fourth-order valence-corrected chi connectivity index (χ4v) is 4.19. The molecular weight excluding hydrogens is 468 g/mol. The first-order chi connectivity index (χ1) is 17.1. The van der Waals surface area contributed by atoms with Gasteiger partial charge in [0.1, 0.15) is 23.6 Å². The lowest BCUT2D eigenvalue weighted by Crippen LogP contribution is -2.56. The standard InChI is InChI=1S/C25H32N4O7/c1-26-12-17(30)11-19-24(34)29-20(25(35)36)10-16-8-14(4-6-22(16)32)13-3-5-21(31)15(7-13)9-18(27-2)23(33)28-19/h3-8,17-20,26-27,30-32H,9-12H2,1-2H3,(H,28,33)(H,29,34)(H,35,36)/t17-,18+,19+,20+/m1/s1. The molecule has 1 aliphatic heterocycles. The van der Waals surface area contributed by atoms with Crippen LogP contribution in [0.15, 0.2) is 36.4 Å². The number of carboxylic acids is 1. The smallest absolute Gasteiger partial charge is 0.326 e. The summed E-state index contributed by atoms with van der Waals surface area (Å²) in [5.41, 5.74) is 2.13. The number of aromatic hydroxyl groups is 2. The van der Waals surface area contributed by atoms with Gasteiger partial charge in [-0.2, -0.15) is 0 Å². The number of rotatable bonds is 6. The maximum Gasteiger partial charge on any atom is 0.326 e. The lowest BCUT2D eigenvalue weighted by atomic mass is 9.95. The number of carbonyl (C=O) groups is 3. The van der Waals surface area contributed by atoms with Crippen molar-refractivity contribution in [2.45, 2.75) is 43.5 Å². The Morgan fingerprint density at radius 3 is 2.08 bits per heavy atom. The van der Waals surface area contributed by atoms with Crippen LogP contribution in [-0.2, 0) is 27.2 Å². The van der Waals surface area contributed by atoms with Gasteiger partial charge in [0.2, 0.25) is 11.8 Å². The van der Waals surface area contributed by atoms with E-state index < -0.39 is 42.0 Å². The zero-order valence-electron chi connectivity index (χ0n) is 20.1. The van der Waals surface area contributed by atoms with Crippen molar-refractivity contribution in [2.24, 2.45) is 0 Å². The van der Waals surface area contributed by atoms with Crippen LogP contribution in [0.1, 0.15) is 17.5 Å². The maximum absolute atomic E-state index is 13.1. The fraction of sp³-hybridized carbons (Fsp3) is 0.400. The van der Waals surface area contributed by atoms with Gasteiger partial charge in [0.05, 0.1) is 12.1 Å². The lowest BCUT2D eigenvalue weighted by molar-refractivity contribution is -0.142. The molecule has 4 bridgehead atoms. The number of aliphatic carboxylic acids is 1. The van der Waals surface area contributed by atoms with Gasteiger partial charge in [0.25, 0.3) is 0 Å². The molecule has 0 aliphatic carbocycles. The lowest BCUT2D eigenvalue weighted by Gasteiger charge is -2.25. The van der Waals surface area contributed by atoms with Crippen molar-refractivity contribution in [2.75, 3.05) is 20.6 Å². The molecule has 1 heterocycles. The van der Waals surface area contributed by atoms with E-state index in [4.69, 9.17) is 0 Å². The molecule has 8 N–H and O–H groups in total. The van der Waals surface area contributed by atoms with Crippen molar-refractivity contribution in [1.29, 1.82) is 0 Å². The molecule has 2 aromatic rings. The first-order valence-corrected chi connectivity index (χ1v) is 11.6. The van der Waals surface area contributed by atoms with Gasteiger partial charge in [-0.15, -0.1) is 0 Å². The molecule has 2 amide bonds. The minimum absolute atomic E-state index is 0.0141. The minimum Gasteiger partial charge on any atom is -0.508 e. The van der Waals surface area contributed by atoms with Gasteiger partial charge in [-0.1, -0.05) is 12.1 Å². The molecule has 36 heavy (non-hydrogen) atoms. The van der Waals surface area contributed by atoms with Crippen molar-refractivity contribution in [3.05, 3.63) is 47.5 Å². The second-order valence-corrected chi connectivity index (χ2v) is 8.84. The van der Waals surface area contributed by atoms with Gasteiger partial charge >= 0.3 is 5.97 Å². The fourth-order valence-electron chi connectivity index (χ4n) is 4.19. The molecule has 0 aromatic heterocycles. The van der Waals surface area contributed by atoms with E-state index in [0.717, 1.165) is 0 Å². The van der Waals surface area contributed by atoms with Crippen LogP contribution in [0.25, 0.3) is 11.1 Å². The van der Waals surface area contributed by atoms with Crippen LogP contribution >= 0.6 is 0 Å².